The summed E-state index contributed by atoms with van der Waals surface area (Å²) in [4.78, 5) is 10.9. The minimum Gasteiger partial charge on any atom is -0.469 e. The van der Waals surface area contributed by atoms with Crippen molar-refractivity contribution in [2.75, 3.05) is 7.11 Å². The van der Waals surface area contributed by atoms with Crippen LogP contribution in [0.3, 0.4) is 0 Å². The number of rotatable bonds is 5. The van der Waals surface area contributed by atoms with Crippen molar-refractivity contribution in [1.29, 1.82) is 0 Å². The van der Waals surface area contributed by atoms with Crippen LogP contribution in [0.5, 0.6) is 0 Å². The molecule has 0 aliphatic heterocycles. The van der Waals surface area contributed by atoms with Crippen molar-refractivity contribution in [3.8, 4) is 0 Å². The fourth-order valence-electron chi connectivity index (χ4n) is 1.55. The molecule has 1 rings (SSSR count). The lowest BCUT2D eigenvalue weighted by Gasteiger charge is -2.19. The van der Waals surface area contributed by atoms with Crippen LogP contribution >= 0.6 is 0 Å². The van der Waals surface area contributed by atoms with Gasteiger partial charge in [0.05, 0.1) is 19.6 Å². The standard InChI is InChI=1S/C12H14F2O4/c1-18-10(16)6-9(15)11(17)7-4-2-3-5-8(7)12(13)14/h2-5,9,11-12,15,17H,6H2,1H3. The van der Waals surface area contributed by atoms with E-state index in [-0.39, 0.29) is 11.1 Å². The molecule has 0 spiro atoms. The smallest absolute Gasteiger partial charge is 0.308 e. The zero-order valence-corrected chi connectivity index (χ0v) is 9.72. The van der Waals surface area contributed by atoms with E-state index in [2.05, 4.69) is 4.74 Å². The fraction of sp³-hybridized carbons (Fsp3) is 0.417. The van der Waals surface area contributed by atoms with E-state index in [1.165, 1.54) is 18.2 Å². The molecular formula is C12H14F2O4. The molecule has 2 N–H and O–H groups in total. The Morgan fingerprint density at radius 3 is 2.33 bits per heavy atom. The second kappa shape index (κ2) is 6.42. The van der Waals surface area contributed by atoms with Crippen molar-refractivity contribution in [2.24, 2.45) is 0 Å². The quantitative estimate of drug-likeness (QED) is 0.789. The average molecular weight is 260 g/mol. The number of methoxy groups -OCH3 is 1. The minimum atomic E-state index is -2.76. The molecular weight excluding hydrogens is 246 g/mol. The molecule has 4 nitrogen and oxygen atoms in total. The van der Waals surface area contributed by atoms with Crippen molar-refractivity contribution < 1.29 is 28.5 Å². The van der Waals surface area contributed by atoms with Crippen LogP contribution in [0.15, 0.2) is 24.3 Å². The van der Waals surface area contributed by atoms with E-state index in [0.29, 0.717) is 0 Å². The Kier molecular flexibility index (Phi) is 5.18. The summed E-state index contributed by atoms with van der Waals surface area (Å²) in [6.45, 7) is 0. The van der Waals surface area contributed by atoms with Gasteiger partial charge >= 0.3 is 5.97 Å². The third-order valence-corrected chi connectivity index (χ3v) is 2.52. The van der Waals surface area contributed by atoms with Gasteiger partial charge in [0.1, 0.15) is 6.10 Å². The second-order valence-electron chi connectivity index (χ2n) is 3.72. The Morgan fingerprint density at radius 2 is 1.83 bits per heavy atom. The van der Waals surface area contributed by atoms with E-state index >= 15 is 0 Å². The highest BCUT2D eigenvalue weighted by Gasteiger charge is 2.26. The highest BCUT2D eigenvalue weighted by molar-refractivity contribution is 5.69. The molecule has 0 fully saturated rings. The molecule has 0 heterocycles. The Hall–Kier alpha value is -1.53. The van der Waals surface area contributed by atoms with Crippen LogP contribution in [-0.4, -0.2) is 29.4 Å². The lowest BCUT2D eigenvalue weighted by Crippen LogP contribution is -2.23. The fourth-order valence-corrected chi connectivity index (χ4v) is 1.55. The summed E-state index contributed by atoms with van der Waals surface area (Å²) >= 11 is 0. The molecule has 1 aromatic rings. The molecule has 2 unspecified atom stereocenters. The Labute approximate surface area is 103 Å². The summed E-state index contributed by atoms with van der Waals surface area (Å²) in [7, 11) is 1.13. The van der Waals surface area contributed by atoms with E-state index in [1.807, 2.05) is 0 Å². The topological polar surface area (TPSA) is 66.8 Å². The number of ether oxygens (including phenoxy) is 1. The minimum absolute atomic E-state index is 0.0936. The summed E-state index contributed by atoms with van der Waals surface area (Å²) in [6.07, 6.45) is -6.28. The van der Waals surface area contributed by atoms with Gasteiger partial charge in [0, 0.05) is 5.56 Å². The summed E-state index contributed by atoms with van der Waals surface area (Å²) < 4.78 is 29.7. The molecule has 6 heteroatoms. The van der Waals surface area contributed by atoms with Crippen LogP contribution in [0.25, 0.3) is 0 Å². The van der Waals surface area contributed by atoms with E-state index < -0.39 is 31.0 Å². The molecule has 0 radical (unpaired) electrons. The van der Waals surface area contributed by atoms with E-state index in [1.54, 1.807) is 0 Å². The van der Waals surface area contributed by atoms with E-state index in [9.17, 15) is 23.8 Å². The number of halogens is 2. The molecule has 0 aliphatic carbocycles. The Balaban J connectivity index is 2.89. The van der Waals surface area contributed by atoms with Gasteiger partial charge in [0.15, 0.2) is 0 Å². The first kappa shape index (κ1) is 14.5. The van der Waals surface area contributed by atoms with E-state index in [4.69, 9.17) is 0 Å². The van der Waals surface area contributed by atoms with Gasteiger partial charge in [0.2, 0.25) is 0 Å². The highest BCUT2D eigenvalue weighted by atomic mass is 19.3. The summed E-state index contributed by atoms with van der Waals surface area (Å²) in [5.74, 6) is -0.726. The zero-order chi connectivity index (χ0) is 13.7. The first-order valence-electron chi connectivity index (χ1n) is 5.27. The van der Waals surface area contributed by atoms with Crippen molar-refractivity contribution in [3.05, 3.63) is 35.4 Å². The average Bonchev–Trinajstić information content (AvgIpc) is 2.37. The predicted octanol–water partition coefficient (Wildman–Crippen LogP) is 1.58. The second-order valence-corrected chi connectivity index (χ2v) is 3.72. The van der Waals surface area contributed by atoms with Crippen LogP contribution in [0, 0.1) is 0 Å². The van der Waals surface area contributed by atoms with Crippen LogP contribution < -0.4 is 0 Å². The monoisotopic (exact) mass is 260 g/mol. The first-order valence-corrected chi connectivity index (χ1v) is 5.27. The van der Waals surface area contributed by atoms with Gasteiger partial charge in [0.25, 0.3) is 6.43 Å². The lowest BCUT2D eigenvalue weighted by atomic mass is 9.97. The molecule has 0 aromatic heterocycles. The summed E-state index contributed by atoms with van der Waals surface area (Å²) in [5, 5.41) is 19.4. The number of aliphatic hydroxyl groups is 2. The molecule has 100 valence electrons. The third kappa shape index (κ3) is 3.48. The van der Waals surface area contributed by atoms with Gasteiger partial charge < -0.3 is 14.9 Å². The van der Waals surface area contributed by atoms with Gasteiger partial charge in [-0.15, -0.1) is 0 Å². The molecule has 0 aliphatic rings. The summed E-state index contributed by atoms with van der Waals surface area (Å²) in [6, 6.07) is 5.32. The van der Waals surface area contributed by atoms with Crippen molar-refractivity contribution in [3.63, 3.8) is 0 Å². The number of aliphatic hydroxyl groups excluding tert-OH is 2. The number of benzene rings is 1. The molecule has 0 saturated carbocycles. The number of hydrogen-bond acceptors (Lipinski definition) is 4. The number of carbonyl (C=O) groups is 1. The maximum Gasteiger partial charge on any atom is 0.308 e. The highest BCUT2D eigenvalue weighted by Crippen LogP contribution is 2.29. The number of hydrogen-bond donors (Lipinski definition) is 2. The zero-order valence-electron chi connectivity index (χ0n) is 9.72. The Morgan fingerprint density at radius 1 is 1.28 bits per heavy atom. The molecule has 0 bridgehead atoms. The van der Waals surface area contributed by atoms with Crippen molar-refractivity contribution in [2.45, 2.75) is 25.1 Å². The largest absolute Gasteiger partial charge is 0.469 e. The van der Waals surface area contributed by atoms with Gasteiger partial charge in [-0.2, -0.15) is 0 Å². The van der Waals surface area contributed by atoms with Crippen molar-refractivity contribution in [1.82, 2.24) is 0 Å². The molecule has 1 aromatic carbocycles. The van der Waals surface area contributed by atoms with Crippen LogP contribution in [0.2, 0.25) is 0 Å². The first-order chi connectivity index (χ1) is 8.47. The SMILES string of the molecule is COC(=O)CC(O)C(O)c1ccccc1C(F)F. The maximum absolute atomic E-state index is 12.7. The van der Waals surface area contributed by atoms with E-state index in [0.717, 1.165) is 13.2 Å². The Bertz CT molecular complexity index is 409. The maximum atomic E-state index is 12.7. The number of carbonyl (C=O) groups excluding carboxylic acids is 1. The predicted molar refractivity (Wildman–Crippen MR) is 59.0 cm³/mol. The number of alkyl halides is 2. The molecule has 18 heavy (non-hydrogen) atoms. The molecule has 0 saturated heterocycles. The van der Waals surface area contributed by atoms with Gasteiger partial charge in [-0.1, -0.05) is 24.3 Å². The normalized spacial score (nSPS) is 14.3. The van der Waals surface area contributed by atoms with Crippen LogP contribution in [0.1, 0.15) is 30.1 Å². The van der Waals surface area contributed by atoms with Crippen LogP contribution in [-0.2, 0) is 9.53 Å². The molecule has 2 atom stereocenters. The molecule has 0 amide bonds. The van der Waals surface area contributed by atoms with Gasteiger partial charge in [-0.3, -0.25) is 4.79 Å². The number of esters is 1. The summed E-state index contributed by atoms with van der Waals surface area (Å²) in [5.41, 5.74) is -0.460. The van der Waals surface area contributed by atoms with Gasteiger partial charge in [-0.05, 0) is 5.56 Å². The lowest BCUT2D eigenvalue weighted by molar-refractivity contribution is -0.144. The van der Waals surface area contributed by atoms with Crippen molar-refractivity contribution >= 4 is 5.97 Å². The van der Waals surface area contributed by atoms with Crippen LogP contribution in [0.4, 0.5) is 8.78 Å². The third-order valence-electron chi connectivity index (χ3n) is 2.52. The van der Waals surface area contributed by atoms with Gasteiger partial charge in [-0.25, -0.2) is 8.78 Å².